The predicted octanol–water partition coefficient (Wildman–Crippen LogP) is 5.49. The standard InChI is InChI=1S/C23H45NO4/c1-4-22(28-23(27)19-25)24-21(26)18-16-14-12-10-8-6-5-7-9-11-13-15-17-20(2)3/h20,22,25H,4-19H2,1-3H3,(H,24,26)/t22-/m0/s1. The normalized spacial score (nSPS) is 12.2. The van der Waals surface area contributed by atoms with E-state index < -0.39 is 18.8 Å². The minimum absolute atomic E-state index is 0.0917. The summed E-state index contributed by atoms with van der Waals surface area (Å²) in [6.07, 6.45) is 17.0. The number of esters is 1. The van der Waals surface area contributed by atoms with E-state index in [9.17, 15) is 9.59 Å². The van der Waals surface area contributed by atoms with Crippen LogP contribution in [0.1, 0.15) is 117 Å². The molecule has 5 heteroatoms. The summed E-state index contributed by atoms with van der Waals surface area (Å²) < 4.78 is 4.93. The maximum Gasteiger partial charge on any atom is 0.333 e. The van der Waals surface area contributed by atoms with E-state index in [1.807, 2.05) is 6.92 Å². The molecule has 5 nitrogen and oxygen atoms in total. The minimum Gasteiger partial charge on any atom is -0.440 e. The topological polar surface area (TPSA) is 75.6 Å². The zero-order valence-electron chi connectivity index (χ0n) is 18.6. The lowest BCUT2D eigenvalue weighted by Crippen LogP contribution is -2.38. The van der Waals surface area contributed by atoms with Crippen molar-refractivity contribution < 1.29 is 19.4 Å². The van der Waals surface area contributed by atoms with Gasteiger partial charge in [-0.05, 0) is 12.3 Å². The van der Waals surface area contributed by atoms with Crippen LogP contribution >= 0.6 is 0 Å². The molecule has 0 saturated heterocycles. The molecule has 0 spiro atoms. The van der Waals surface area contributed by atoms with Crippen molar-refractivity contribution >= 4 is 11.9 Å². The van der Waals surface area contributed by atoms with Gasteiger partial charge in [-0.2, -0.15) is 0 Å². The Morgan fingerprint density at radius 2 is 1.29 bits per heavy atom. The Morgan fingerprint density at radius 1 is 0.821 bits per heavy atom. The van der Waals surface area contributed by atoms with E-state index in [4.69, 9.17) is 9.84 Å². The highest BCUT2D eigenvalue weighted by Crippen LogP contribution is 2.14. The molecule has 0 unspecified atom stereocenters. The number of nitrogens with one attached hydrogen (secondary N) is 1. The molecular formula is C23H45NO4. The zero-order chi connectivity index (χ0) is 21.0. The molecule has 0 fully saturated rings. The smallest absolute Gasteiger partial charge is 0.333 e. The van der Waals surface area contributed by atoms with Crippen molar-refractivity contribution in [3.63, 3.8) is 0 Å². The van der Waals surface area contributed by atoms with Crippen LogP contribution in [-0.2, 0) is 14.3 Å². The van der Waals surface area contributed by atoms with Gasteiger partial charge in [0.25, 0.3) is 0 Å². The largest absolute Gasteiger partial charge is 0.440 e. The van der Waals surface area contributed by atoms with Crippen molar-refractivity contribution in [2.24, 2.45) is 5.92 Å². The maximum absolute atomic E-state index is 11.9. The lowest BCUT2D eigenvalue weighted by Gasteiger charge is -2.17. The lowest BCUT2D eigenvalue weighted by molar-refractivity contribution is -0.155. The number of unbranched alkanes of at least 4 members (excludes halogenated alkanes) is 11. The molecule has 1 atom stereocenters. The molecule has 0 aliphatic heterocycles. The van der Waals surface area contributed by atoms with Crippen molar-refractivity contribution in [1.29, 1.82) is 0 Å². The Kier molecular flexibility index (Phi) is 18.5. The summed E-state index contributed by atoms with van der Waals surface area (Å²) in [5.74, 6) is 0.0449. The van der Waals surface area contributed by atoms with Gasteiger partial charge in [-0.25, -0.2) is 4.79 Å². The number of hydrogen-bond donors (Lipinski definition) is 2. The molecular weight excluding hydrogens is 354 g/mol. The van der Waals surface area contributed by atoms with Gasteiger partial charge in [0.15, 0.2) is 6.23 Å². The highest BCUT2D eigenvalue weighted by Gasteiger charge is 2.14. The quantitative estimate of drug-likeness (QED) is 0.171. The number of carbonyl (C=O) groups excluding carboxylic acids is 2. The van der Waals surface area contributed by atoms with Crippen molar-refractivity contribution in [2.45, 2.75) is 123 Å². The van der Waals surface area contributed by atoms with Crippen LogP contribution in [0.2, 0.25) is 0 Å². The third kappa shape index (κ3) is 18.3. The maximum atomic E-state index is 11.9. The van der Waals surface area contributed by atoms with Gasteiger partial charge in [0, 0.05) is 12.8 Å². The molecule has 0 aromatic rings. The number of ether oxygens (including phenoxy) is 1. The molecule has 166 valence electrons. The summed E-state index contributed by atoms with van der Waals surface area (Å²) in [5.41, 5.74) is 0. The zero-order valence-corrected chi connectivity index (χ0v) is 18.6. The van der Waals surface area contributed by atoms with E-state index in [2.05, 4.69) is 19.2 Å². The first-order chi connectivity index (χ1) is 13.5. The third-order valence-electron chi connectivity index (χ3n) is 5.03. The van der Waals surface area contributed by atoms with Crippen LogP contribution in [0.3, 0.4) is 0 Å². The second-order valence-electron chi connectivity index (χ2n) is 8.29. The number of aliphatic hydroxyl groups is 1. The number of aliphatic hydroxyl groups excluding tert-OH is 1. The summed E-state index contributed by atoms with van der Waals surface area (Å²) >= 11 is 0. The molecule has 0 bridgehead atoms. The molecule has 0 radical (unpaired) electrons. The van der Waals surface area contributed by atoms with Crippen LogP contribution in [-0.4, -0.2) is 29.8 Å². The Balaban J connectivity index is 3.38. The monoisotopic (exact) mass is 399 g/mol. The summed E-state index contributed by atoms with van der Waals surface area (Å²) in [4.78, 5) is 22.9. The van der Waals surface area contributed by atoms with E-state index in [1.54, 1.807) is 0 Å². The fourth-order valence-corrected chi connectivity index (χ4v) is 3.27. The van der Waals surface area contributed by atoms with E-state index in [0.717, 1.165) is 18.8 Å². The molecule has 0 aromatic heterocycles. The SMILES string of the molecule is CC[C@@H](NC(=O)CCCCCCCCCCCCCCC(C)C)OC(=O)CO. The van der Waals surface area contributed by atoms with Crippen molar-refractivity contribution in [3.05, 3.63) is 0 Å². The summed E-state index contributed by atoms with van der Waals surface area (Å²) in [5, 5.41) is 11.4. The van der Waals surface area contributed by atoms with Crippen molar-refractivity contribution in [2.75, 3.05) is 6.61 Å². The Morgan fingerprint density at radius 3 is 1.71 bits per heavy atom. The van der Waals surface area contributed by atoms with E-state index in [1.165, 1.54) is 70.6 Å². The molecule has 0 rings (SSSR count). The lowest BCUT2D eigenvalue weighted by atomic mass is 10.0. The Hall–Kier alpha value is -1.10. The van der Waals surface area contributed by atoms with Crippen molar-refractivity contribution in [1.82, 2.24) is 5.32 Å². The van der Waals surface area contributed by atoms with Crippen LogP contribution in [0.5, 0.6) is 0 Å². The number of amides is 1. The number of rotatable bonds is 19. The van der Waals surface area contributed by atoms with Gasteiger partial charge in [0.05, 0.1) is 0 Å². The average Bonchev–Trinajstić information content (AvgIpc) is 2.67. The summed E-state index contributed by atoms with van der Waals surface area (Å²) in [6.45, 7) is 5.76. The molecule has 0 aliphatic rings. The molecule has 0 aromatic carbocycles. The highest BCUT2D eigenvalue weighted by atomic mass is 16.6. The molecule has 0 heterocycles. The van der Waals surface area contributed by atoms with Gasteiger partial charge < -0.3 is 15.2 Å². The molecule has 0 aliphatic carbocycles. The first kappa shape index (κ1) is 26.9. The van der Waals surface area contributed by atoms with E-state index >= 15 is 0 Å². The summed E-state index contributed by atoms with van der Waals surface area (Å²) in [7, 11) is 0. The fourth-order valence-electron chi connectivity index (χ4n) is 3.27. The fraction of sp³-hybridized carbons (Fsp3) is 0.913. The van der Waals surface area contributed by atoms with Crippen LogP contribution in [0.15, 0.2) is 0 Å². The number of carbonyl (C=O) groups is 2. The Bertz CT molecular complexity index is 385. The number of hydrogen-bond acceptors (Lipinski definition) is 4. The van der Waals surface area contributed by atoms with Gasteiger partial charge in [-0.3, -0.25) is 4.79 Å². The second kappa shape index (κ2) is 19.2. The van der Waals surface area contributed by atoms with Crippen LogP contribution in [0.4, 0.5) is 0 Å². The molecule has 1 amide bonds. The van der Waals surface area contributed by atoms with Crippen molar-refractivity contribution in [3.8, 4) is 0 Å². The predicted molar refractivity (Wildman–Crippen MR) is 115 cm³/mol. The average molecular weight is 400 g/mol. The Labute approximate surface area is 173 Å². The third-order valence-corrected chi connectivity index (χ3v) is 5.03. The second-order valence-corrected chi connectivity index (χ2v) is 8.29. The minimum atomic E-state index is -0.710. The molecule has 2 N–H and O–H groups in total. The van der Waals surface area contributed by atoms with Gasteiger partial charge in [0.2, 0.25) is 5.91 Å². The van der Waals surface area contributed by atoms with Gasteiger partial charge >= 0.3 is 5.97 Å². The first-order valence-corrected chi connectivity index (χ1v) is 11.6. The molecule has 28 heavy (non-hydrogen) atoms. The molecule has 0 saturated carbocycles. The summed E-state index contributed by atoms with van der Waals surface area (Å²) in [6, 6.07) is 0. The van der Waals surface area contributed by atoms with Gasteiger partial charge in [0.1, 0.15) is 6.61 Å². The highest BCUT2D eigenvalue weighted by molar-refractivity contribution is 5.76. The van der Waals surface area contributed by atoms with Gasteiger partial charge in [-0.15, -0.1) is 0 Å². The van der Waals surface area contributed by atoms with Crippen LogP contribution in [0.25, 0.3) is 0 Å². The van der Waals surface area contributed by atoms with Crippen LogP contribution < -0.4 is 5.32 Å². The van der Waals surface area contributed by atoms with Gasteiger partial charge in [-0.1, -0.05) is 97.8 Å². The van der Waals surface area contributed by atoms with E-state index in [0.29, 0.717) is 12.8 Å². The van der Waals surface area contributed by atoms with Crippen LogP contribution in [0, 0.1) is 5.92 Å². The van der Waals surface area contributed by atoms with E-state index in [-0.39, 0.29) is 5.91 Å². The first-order valence-electron chi connectivity index (χ1n) is 11.6.